The van der Waals surface area contributed by atoms with Crippen LogP contribution in [0.15, 0.2) is 24.3 Å². The molecular weight excluding hydrogens is 252 g/mol. The first-order valence-electron chi connectivity index (χ1n) is 7.29. The lowest BCUT2D eigenvalue weighted by atomic mass is 9.99. The highest BCUT2D eigenvalue weighted by molar-refractivity contribution is 5.81. The van der Waals surface area contributed by atoms with Gasteiger partial charge in [0.25, 0.3) is 0 Å². The largest absolute Gasteiger partial charge is 0.464 e. The lowest BCUT2D eigenvalue weighted by molar-refractivity contribution is -0.142. The number of benzene rings is 1. The number of carbonyl (C=O) groups is 1. The zero-order valence-electron chi connectivity index (χ0n) is 12.6. The smallest absolute Gasteiger partial charge is 0.325 e. The molecule has 0 saturated heterocycles. The van der Waals surface area contributed by atoms with E-state index in [0.29, 0.717) is 13.2 Å². The number of anilines is 2. The molecule has 4 heteroatoms. The Kier molecular flexibility index (Phi) is 4.53. The van der Waals surface area contributed by atoms with Crippen molar-refractivity contribution < 1.29 is 9.53 Å². The van der Waals surface area contributed by atoms with Crippen molar-refractivity contribution in [2.45, 2.75) is 39.2 Å². The summed E-state index contributed by atoms with van der Waals surface area (Å²) in [7, 11) is 0. The van der Waals surface area contributed by atoms with Crippen molar-refractivity contribution in [1.82, 2.24) is 0 Å². The molecule has 4 nitrogen and oxygen atoms in total. The van der Waals surface area contributed by atoms with Crippen LogP contribution in [0.25, 0.3) is 0 Å². The maximum Gasteiger partial charge on any atom is 0.325 e. The molecule has 0 unspecified atom stereocenters. The van der Waals surface area contributed by atoms with Crippen molar-refractivity contribution in [2.75, 3.05) is 29.9 Å². The molecule has 1 aliphatic rings. The topological polar surface area (TPSA) is 41.6 Å². The molecule has 1 N–H and O–H groups in total. The van der Waals surface area contributed by atoms with Crippen LogP contribution in [-0.2, 0) is 9.53 Å². The summed E-state index contributed by atoms with van der Waals surface area (Å²) in [5.74, 6) is -0.147. The fraction of sp³-hybridized carbons (Fsp3) is 0.562. The van der Waals surface area contributed by atoms with Crippen molar-refractivity contribution in [2.24, 2.45) is 0 Å². The van der Waals surface area contributed by atoms with Gasteiger partial charge in [-0.2, -0.15) is 0 Å². The zero-order chi connectivity index (χ0) is 14.6. The van der Waals surface area contributed by atoms with E-state index in [9.17, 15) is 4.79 Å². The van der Waals surface area contributed by atoms with Crippen molar-refractivity contribution in [3.8, 4) is 0 Å². The average Bonchev–Trinajstić information content (AvgIpc) is 2.37. The normalized spacial score (nSPS) is 16.2. The lowest BCUT2D eigenvalue weighted by Crippen LogP contribution is -2.50. The number of hydrogen-bond donors (Lipinski definition) is 1. The summed E-state index contributed by atoms with van der Waals surface area (Å²) in [4.78, 5) is 14.0. The summed E-state index contributed by atoms with van der Waals surface area (Å²) < 4.78 is 5.27. The molecule has 1 heterocycles. The van der Waals surface area contributed by atoms with E-state index in [2.05, 4.69) is 31.0 Å². The minimum atomic E-state index is -0.147. The number of hydrogen-bond acceptors (Lipinski definition) is 4. The molecule has 1 aliphatic heterocycles. The Morgan fingerprint density at radius 3 is 2.90 bits per heavy atom. The molecule has 0 bridgehead atoms. The van der Waals surface area contributed by atoms with Crippen LogP contribution in [0.5, 0.6) is 0 Å². The first-order valence-corrected chi connectivity index (χ1v) is 7.29. The number of esters is 1. The van der Waals surface area contributed by atoms with Gasteiger partial charge in [0.05, 0.1) is 18.0 Å². The average molecular weight is 276 g/mol. The molecule has 0 amide bonds. The van der Waals surface area contributed by atoms with E-state index in [1.165, 1.54) is 0 Å². The van der Waals surface area contributed by atoms with Crippen LogP contribution in [0.4, 0.5) is 11.4 Å². The molecule has 0 aliphatic carbocycles. The van der Waals surface area contributed by atoms with Gasteiger partial charge >= 0.3 is 5.97 Å². The Labute approximate surface area is 121 Å². The Morgan fingerprint density at radius 2 is 2.15 bits per heavy atom. The molecule has 20 heavy (non-hydrogen) atoms. The maximum atomic E-state index is 11.9. The molecule has 0 radical (unpaired) electrons. The number of para-hydroxylation sites is 2. The fourth-order valence-electron chi connectivity index (χ4n) is 2.49. The van der Waals surface area contributed by atoms with Crippen molar-refractivity contribution in [1.29, 1.82) is 0 Å². The Hall–Kier alpha value is -1.71. The van der Waals surface area contributed by atoms with E-state index in [0.717, 1.165) is 30.8 Å². The standard InChI is InChI=1S/C16H24N2O2/c1-4-5-10-20-15(19)11-18-12-16(2,3)17-13-8-6-7-9-14(13)18/h6-9,17H,4-5,10-12H2,1-3H3. The number of unbranched alkanes of at least 4 members (excludes halogenated alkanes) is 1. The van der Waals surface area contributed by atoms with Crippen LogP contribution in [0.2, 0.25) is 0 Å². The van der Waals surface area contributed by atoms with Gasteiger partial charge in [0, 0.05) is 12.1 Å². The second-order valence-electron chi connectivity index (χ2n) is 5.96. The van der Waals surface area contributed by atoms with Gasteiger partial charge in [-0.3, -0.25) is 4.79 Å². The van der Waals surface area contributed by atoms with E-state index in [1.807, 2.05) is 24.3 Å². The van der Waals surface area contributed by atoms with Crippen molar-refractivity contribution >= 4 is 17.3 Å². The number of fused-ring (bicyclic) bond motifs is 1. The molecule has 0 spiro atoms. The van der Waals surface area contributed by atoms with Crippen LogP contribution < -0.4 is 10.2 Å². The predicted octanol–water partition coefficient (Wildman–Crippen LogP) is 3.04. The molecule has 110 valence electrons. The first-order chi connectivity index (χ1) is 9.52. The van der Waals surface area contributed by atoms with E-state index in [4.69, 9.17) is 4.74 Å². The molecule has 2 rings (SSSR count). The van der Waals surface area contributed by atoms with Gasteiger partial charge in [-0.1, -0.05) is 25.5 Å². The first kappa shape index (κ1) is 14.7. The lowest BCUT2D eigenvalue weighted by Gasteiger charge is -2.41. The monoisotopic (exact) mass is 276 g/mol. The Balaban J connectivity index is 2.05. The summed E-state index contributed by atoms with van der Waals surface area (Å²) in [6.45, 7) is 7.98. The van der Waals surface area contributed by atoms with E-state index >= 15 is 0 Å². The van der Waals surface area contributed by atoms with Gasteiger partial charge in [0.15, 0.2) is 0 Å². The third kappa shape index (κ3) is 3.65. The number of rotatable bonds is 5. The van der Waals surface area contributed by atoms with E-state index in [-0.39, 0.29) is 11.5 Å². The summed E-state index contributed by atoms with van der Waals surface area (Å²) in [5, 5.41) is 3.50. The van der Waals surface area contributed by atoms with Crippen LogP contribution >= 0.6 is 0 Å². The molecule has 0 aromatic heterocycles. The highest BCUT2D eigenvalue weighted by Crippen LogP contribution is 2.33. The third-order valence-electron chi connectivity index (χ3n) is 3.38. The number of ether oxygens (including phenoxy) is 1. The van der Waals surface area contributed by atoms with E-state index < -0.39 is 0 Å². The minimum Gasteiger partial charge on any atom is -0.464 e. The van der Waals surface area contributed by atoms with Gasteiger partial charge in [0.1, 0.15) is 6.54 Å². The molecule has 1 aromatic rings. The third-order valence-corrected chi connectivity index (χ3v) is 3.38. The van der Waals surface area contributed by atoms with Gasteiger partial charge in [0.2, 0.25) is 0 Å². The Bertz CT molecular complexity index is 471. The van der Waals surface area contributed by atoms with Crippen LogP contribution in [0, 0.1) is 0 Å². The highest BCUT2D eigenvalue weighted by atomic mass is 16.5. The summed E-state index contributed by atoms with van der Waals surface area (Å²) >= 11 is 0. The molecule has 0 saturated carbocycles. The fourth-order valence-corrected chi connectivity index (χ4v) is 2.49. The predicted molar refractivity (Wildman–Crippen MR) is 82.2 cm³/mol. The van der Waals surface area contributed by atoms with Gasteiger partial charge in [-0.15, -0.1) is 0 Å². The van der Waals surface area contributed by atoms with Crippen LogP contribution in [-0.4, -0.2) is 31.2 Å². The van der Waals surface area contributed by atoms with Gasteiger partial charge < -0.3 is 15.0 Å². The molecule has 0 atom stereocenters. The highest BCUT2D eigenvalue weighted by Gasteiger charge is 2.30. The SMILES string of the molecule is CCCCOC(=O)CN1CC(C)(C)Nc2ccccc21. The minimum absolute atomic E-state index is 0.0575. The number of nitrogens with zero attached hydrogens (tertiary/aromatic N) is 1. The number of nitrogens with one attached hydrogen (secondary N) is 1. The number of carbonyl (C=O) groups excluding carboxylic acids is 1. The van der Waals surface area contributed by atoms with Crippen LogP contribution in [0.3, 0.4) is 0 Å². The second-order valence-corrected chi connectivity index (χ2v) is 5.96. The quantitative estimate of drug-likeness (QED) is 0.663. The van der Waals surface area contributed by atoms with Crippen molar-refractivity contribution in [3.63, 3.8) is 0 Å². The van der Waals surface area contributed by atoms with Crippen LogP contribution in [0.1, 0.15) is 33.6 Å². The second kappa shape index (κ2) is 6.16. The van der Waals surface area contributed by atoms with Gasteiger partial charge in [-0.25, -0.2) is 0 Å². The van der Waals surface area contributed by atoms with Gasteiger partial charge in [-0.05, 0) is 32.4 Å². The maximum absolute atomic E-state index is 11.9. The summed E-state index contributed by atoms with van der Waals surface area (Å²) in [6, 6.07) is 8.09. The summed E-state index contributed by atoms with van der Waals surface area (Å²) in [5.41, 5.74) is 2.09. The summed E-state index contributed by atoms with van der Waals surface area (Å²) in [6.07, 6.45) is 1.96. The molecule has 1 aromatic carbocycles. The van der Waals surface area contributed by atoms with E-state index in [1.54, 1.807) is 0 Å². The zero-order valence-corrected chi connectivity index (χ0v) is 12.6. The van der Waals surface area contributed by atoms with Crippen molar-refractivity contribution in [3.05, 3.63) is 24.3 Å². The Morgan fingerprint density at radius 1 is 1.40 bits per heavy atom. The molecule has 0 fully saturated rings. The molecular formula is C16H24N2O2.